The minimum Gasteiger partial charge on any atom is -0.494 e. The van der Waals surface area contributed by atoms with E-state index < -0.39 is 16.1 Å². The Morgan fingerprint density at radius 1 is 1.22 bits per heavy atom. The summed E-state index contributed by atoms with van der Waals surface area (Å²) in [6, 6.07) is 12.1. The molecule has 146 valence electrons. The SMILES string of the molecule is CCCOc1ccc(S(=O)(=O)NCC(O)c2ccc3c(c2)CCN3C)cc1. The number of nitrogens with one attached hydrogen (secondary N) is 1. The first kappa shape index (κ1) is 19.7. The summed E-state index contributed by atoms with van der Waals surface area (Å²) in [7, 11) is -1.66. The lowest BCUT2D eigenvalue weighted by atomic mass is 10.0. The average molecular weight is 391 g/mol. The molecule has 0 radical (unpaired) electrons. The fourth-order valence-electron chi connectivity index (χ4n) is 3.12. The van der Waals surface area contributed by atoms with Crippen LogP contribution in [0.3, 0.4) is 0 Å². The third-order valence-corrected chi connectivity index (χ3v) is 6.13. The molecule has 0 aliphatic carbocycles. The standard InChI is InChI=1S/C20H26N2O4S/c1-3-12-26-17-5-7-18(8-6-17)27(24,25)21-14-20(23)16-4-9-19-15(13-16)10-11-22(19)2/h4-9,13,20-21,23H,3,10-12,14H2,1-2H3. The second-order valence-electron chi connectivity index (χ2n) is 6.75. The van der Waals surface area contributed by atoms with Gasteiger partial charge in [-0.05, 0) is 54.3 Å². The van der Waals surface area contributed by atoms with Crippen molar-refractivity contribution < 1.29 is 18.3 Å². The quantitative estimate of drug-likeness (QED) is 0.724. The van der Waals surface area contributed by atoms with Crippen LogP contribution in [0.1, 0.15) is 30.6 Å². The molecule has 1 atom stereocenters. The highest BCUT2D eigenvalue weighted by molar-refractivity contribution is 7.89. The third kappa shape index (κ3) is 4.61. The van der Waals surface area contributed by atoms with E-state index in [0.717, 1.165) is 30.6 Å². The largest absolute Gasteiger partial charge is 0.494 e. The predicted molar refractivity (Wildman–Crippen MR) is 106 cm³/mol. The molecule has 3 rings (SSSR count). The van der Waals surface area contributed by atoms with Gasteiger partial charge in [-0.1, -0.05) is 19.1 Å². The number of sulfonamides is 1. The summed E-state index contributed by atoms with van der Waals surface area (Å²) in [4.78, 5) is 2.32. The van der Waals surface area contributed by atoms with Crippen molar-refractivity contribution in [3.8, 4) is 5.75 Å². The lowest BCUT2D eigenvalue weighted by molar-refractivity contribution is 0.182. The first-order chi connectivity index (χ1) is 12.9. The van der Waals surface area contributed by atoms with E-state index in [1.54, 1.807) is 12.1 Å². The van der Waals surface area contributed by atoms with E-state index in [2.05, 4.69) is 9.62 Å². The molecule has 6 nitrogen and oxygen atoms in total. The van der Waals surface area contributed by atoms with Gasteiger partial charge in [-0.25, -0.2) is 13.1 Å². The number of aliphatic hydroxyl groups excluding tert-OH is 1. The van der Waals surface area contributed by atoms with E-state index in [1.807, 2.05) is 32.2 Å². The zero-order chi connectivity index (χ0) is 19.4. The number of nitrogens with zero attached hydrogens (tertiary/aromatic N) is 1. The van der Waals surface area contributed by atoms with E-state index in [1.165, 1.54) is 17.7 Å². The van der Waals surface area contributed by atoms with Gasteiger partial charge in [0, 0.05) is 25.8 Å². The highest BCUT2D eigenvalue weighted by atomic mass is 32.2. The predicted octanol–water partition coefficient (Wildman–Crippen LogP) is 2.48. The Kier molecular flexibility index (Phi) is 6.04. The van der Waals surface area contributed by atoms with Crippen LogP contribution < -0.4 is 14.4 Å². The number of fused-ring (bicyclic) bond motifs is 1. The minimum atomic E-state index is -3.69. The third-order valence-electron chi connectivity index (χ3n) is 4.69. The van der Waals surface area contributed by atoms with Gasteiger partial charge < -0.3 is 14.7 Å². The molecule has 0 spiro atoms. The summed E-state index contributed by atoms with van der Waals surface area (Å²) >= 11 is 0. The van der Waals surface area contributed by atoms with Gasteiger partial charge in [0.2, 0.25) is 10.0 Å². The summed E-state index contributed by atoms with van der Waals surface area (Å²) in [5, 5.41) is 10.4. The van der Waals surface area contributed by atoms with Crippen molar-refractivity contribution in [3.05, 3.63) is 53.6 Å². The van der Waals surface area contributed by atoms with E-state index in [0.29, 0.717) is 12.4 Å². The van der Waals surface area contributed by atoms with Gasteiger partial charge >= 0.3 is 0 Å². The van der Waals surface area contributed by atoms with Gasteiger partial charge in [0.05, 0.1) is 17.6 Å². The maximum Gasteiger partial charge on any atom is 0.240 e. The van der Waals surface area contributed by atoms with Crippen LogP contribution in [0.25, 0.3) is 0 Å². The molecule has 1 unspecified atom stereocenters. The van der Waals surface area contributed by atoms with Gasteiger partial charge in [0.1, 0.15) is 5.75 Å². The topological polar surface area (TPSA) is 78.9 Å². The van der Waals surface area contributed by atoms with Crippen LogP contribution in [-0.2, 0) is 16.4 Å². The highest BCUT2D eigenvalue weighted by Crippen LogP contribution is 2.29. The molecule has 7 heteroatoms. The number of benzene rings is 2. The number of hydrogen-bond acceptors (Lipinski definition) is 5. The molecule has 2 aromatic carbocycles. The van der Waals surface area contributed by atoms with Gasteiger partial charge in [0.15, 0.2) is 0 Å². The molecular formula is C20H26N2O4S. The molecule has 2 aromatic rings. The number of hydrogen-bond donors (Lipinski definition) is 2. The van der Waals surface area contributed by atoms with Crippen molar-refractivity contribution >= 4 is 15.7 Å². The van der Waals surface area contributed by atoms with Crippen LogP contribution in [0.4, 0.5) is 5.69 Å². The summed E-state index contributed by atoms with van der Waals surface area (Å²) in [6.45, 7) is 3.48. The van der Waals surface area contributed by atoms with Crippen molar-refractivity contribution in [1.82, 2.24) is 4.72 Å². The molecule has 0 aromatic heterocycles. The maximum absolute atomic E-state index is 12.5. The van der Waals surface area contributed by atoms with E-state index in [4.69, 9.17) is 4.74 Å². The molecule has 1 aliphatic heterocycles. The number of rotatable bonds is 8. The lowest BCUT2D eigenvalue weighted by Gasteiger charge is -2.16. The molecule has 2 N–H and O–H groups in total. The first-order valence-electron chi connectivity index (χ1n) is 9.15. The molecule has 0 saturated carbocycles. The lowest BCUT2D eigenvalue weighted by Crippen LogP contribution is -2.28. The Labute approximate surface area is 160 Å². The Balaban J connectivity index is 1.63. The Morgan fingerprint density at radius 3 is 2.67 bits per heavy atom. The fourth-order valence-corrected chi connectivity index (χ4v) is 4.16. The summed E-state index contributed by atoms with van der Waals surface area (Å²) < 4.78 is 32.9. The molecule has 0 amide bonds. The average Bonchev–Trinajstić information content (AvgIpc) is 3.05. The number of aliphatic hydroxyl groups is 1. The van der Waals surface area contributed by atoms with Crippen LogP contribution in [0.2, 0.25) is 0 Å². The summed E-state index contributed by atoms with van der Waals surface area (Å²) in [6.07, 6.45) is 0.923. The highest BCUT2D eigenvalue weighted by Gasteiger charge is 2.20. The molecule has 0 bridgehead atoms. The van der Waals surface area contributed by atoms with Crippen molar-refractivity contribution in [1.29, 1.82) is 0 Å². The smallest absolute Gasteiger partial charge is 0.240 e. The van der Waals surface area contributed by atoms with Crippen molar-refractivity contribution in [3.63, 3.8) is 0 Å². The van der Waals surface area contributed by atoms with Crippen LogP contribution in [0.5, 0.6) is 5.75 Å². The van der Waals surface area contributed by atoms with Crippen molar-refractivity contribution in [2.45, 2.75) is 30.8 Å². The van der Waals surface area contributed by atoms with Gasteiger partial charge in [-0.3, -0.25) is 0 Å². The molecule has 1 heterocycles. The Hall–Kier alpha value is -2.09. The van der Waals surface area contributed by atoms with E-state index in [9.17, 15) is 13.5 Å². The monoisotopic (exact) mass is 390 g/mol. The maximum atomic E-state index is 12.5. The second-order valence-corrected chi connectivity index (χ2v) is 8.51. The van der Waals surface area contributed by atoms with Crippen LogP contribution in [0, 0.1) is 0 Å². The van der Waals surface area contributed by atoms with Crippen molar-refractivity contribution in [2.75, 3.05) is 31.6 Å². The molecule has 27 heavy (non-hydrogen) atoms. The van der Waals surface area contributed by atoms with Gasteiger partial charge in [-0.15, -0.1) is 0 Å². The summed E-state index contributed by atoms with van der Waals surface area (Å²) in [5.74, 6) is 0.638. The fraction of sp³-hybridized carbons (Fsp3) is 0.400. The minimum absolute atomic E-state index is 0.0783. The second kappa shape index (κ2) is 8.29. The first-order valence-corrected chi connectivity index (χ1v) is 10.6. The molecule has 1 aliphatic rings. The Bertz CT molecular complexity index is 881. The van der Waals surface area contributed by atoms with E-state index in [-0.39, 0.29) is 11.4 Å². The molecule has 0 saturated heterocycles. The van der Waals surface area contributed by atoms with Crippen LogP contribution >= 0.6 is 0 Å². The molecule has 0 fully saturated rings. The molecular weight excluding hydrogens is 364 g/mol. The Morgan fingerprint density at radius 2 is 1.96 bits per heavy atom. The normalized spacial score (nSPS) is 14.9. The van der Waals surface area contributed by atoms with Crippen molar-refractivity contribution in [2.24, 2.45) is 0 Å². The zero-order valence-electron chi connectivity index (χ0n) is 15.7. The summed E-state index contributed by atoms with van der Waals surface area (Å²) in [5.41, 5.74) is 3.06. The zero-order valence-corrected chi connectivity index (χ0v) is 16.5. The van der Waals surface area contributed by atoms with Crippen LogP contribution in [0.15, 0.2) is 47.4 Å². The number of anilines is 1. The van der Waals surface area contributed by atoms with Gasteiger partial charge in [0.25, 0.3) is 0 Å². The number of likely N-dealkylation sites (N-methyl/N-ethyl adjacent to an activating group) is 1. The number of ether oxygens (including phenoxy) is 1. The van der Waals surface area contributed by atoms with E-state index >= 15 is 0 Å². The van der Waals surface area contributed by atoms with Gasteiger partial charge in [-0.2, -0.15) is 0 Å². The van der Waals surface area contributed by atoms with Crippen LogP contribution in [-0.4, -0.2) is 40.3 Å².